The molecular weight excluding hydrogens is 414 g/mol. The molecule has 1 aliphatic heterocycles. The molecule has 0 radical (unpaired) electrons. The lowest BCUT2D eigenvalue weighted by atomic mass is 10.1. The molecule has 5 nitrogen and oxygen atoms in total. The van der Waals surface area contributed by atoms with Crippen LogP contribution in [0.25, 0.3) is 10.9 Å². The van der Waals surface area contributed by atoms with Crippen molar-refractivity contribution in [1.82, 2.24) is 9.71 Å². The summed E-state index contributed by atoms with van der Waals surface area (Å²) in [4.78, 5) is 6.86. The standard InChI is InChI=1S/C16H19BrClN3O2S/c1-2-24(22,23)20-13-5-7-21(8-6-13)15-4-3-11-9-12(17)10-14(18)16(11)19-15/h3-4,9-10,13,20H,2,5-8H2,1H3. The molecule has 1 aliphatic rings. The number of pyridine rings is 1. The van der Waals surface area contributed by atoms with Crippen LogP contribution >= 0.6 is 27.5 Å². The van der Waals surface area contributed by atoms with Crippen molar-refractivity contribution < 1.29 is 8.42 Å². The predicted molar refractivity (Wildman–Crippen MR) is 102 cm³/mol. The van der Waals surface area contributed by atoms with Crippen molar-refractivity contribution in [2.24, 2.45) is 0 Å². The number of hydrogen-bond acceptors (Lipinski definition) is 4. The minimum absolute atomic E-state index is 0.00574. The monoisotopic (exact) mass is 431 g/mol. The van der Waals surface area contributed by atoms with Crippen molar-refractivity contribution in [2.75, 3.05) is 23.7 Å². The summed E-state index contributed by atoms with van der Waals surface area (Å²) in [6, 6.07) is 7.84. The van der Waals surface area contributed by atoms with E-state index in [1.165, 1.54) is 0 Å². The highest BCUT2D eigenvalue weighted by molar-refractivity contribution is 9.10. The van der Waals surface area contributed by atoms with E-state index in [0.29, 0.717) is 5.02 Å². The zero-order valence-corrected chi connectivity index (χ0v) is 16.5. The van der Waals surface area contributed by atoms with Gasteiger partial charge in [-0.3, -0.25) is 0 Å². The number of nitrogens with zero attached hydrogens (tertiary/aromatic N) is 2. The fourth-order valence-electron chi connectivity index (χ4n) is 2.89. The fraction of sp³-hybridized carbons (Fsp3) is 0.438. The SMILES string of the molecule is CCS(=O)(=O)NC1CCN(c2ccc3cc(Br)cc(Cl)c3n2)CC1. The lowest BCUT2D eigenvalue weighted by Gasteiger charge is -2.33. The molecule has 1 fully saturated rings. The summed E-state index contributed by atoms with van der Waals surface area (Å²) >= 11 is 9.73. The van der Waals surface area contributed by atoms with Gasteiger partial charge in [-0.15, -0.1) is 0 Å². The van der Waals surface area contributed by atoms with Crippen LogP contribution in [0.15, 0.2) is 28.7 Å². The molecule has 0 saturated carbocycles. The van der Waals surface area contributed by atoms with E-state index in [2.05, 4.69) is 30.5 Å². The average molecular weight is 433 g/mol. The highest BCUT2D eigenvalue weighted by Gasteiger charge is 2.23. The Labute approximate surface area is 155 Å². The predicted octanol–water partition coefficient (Wildman–Crippen LogP) is 3.56. The Morgan fingerprint density at radius 3 is 2.71 bits per heavy atom. The van der Waals surface area contributed by atoms with Gasteiger partial charge in [0.15, 0.2) is 0 Å². The van der Waals surface area contributed by atoms with Gasteiger partial charge in [0.25, 0.3) is 0 Å². The zero-order chi connectivity index (χ0) is 17.3. The van der Waals surface area contributed by atoms with Gasteiger partial charge in [-0.25, -0.2) is 18.1 Å². The van der Waals surface area contributed by atoms with Gasteiger partial charge >= 0.3 is 0 Å². The number of halogens is 2. The van der Waals surface area contributed by atoms with Crippen LogP contribution in [-0.4, -0.2) is 38.3 Å². The largest absolute Gasteiger partial charge is 0.356 e. The molecule has 130 valence electrons. The van der Waals surface area contributed by atoms with E-state index in [1.54, 1.807) is 6.92 Å². The molecule has 2 aromatic rings. The topological polar surface area (TPSA) is 62.3 Å². The van der Waals surface area contributed by atoms with E-state index < -0.39 is 10.0 Å². The van der Waals surface area contributed by atoms with E-state index in [0.717, 1.165) is 47.1 Å². The van der Waals surface area contributed by atoms with Crippen LogP contribution in [0.1, 0.15) is 19.8 Å². The fourth-order valence-corrected chi connectivity index (χ4v) is 4.67. The Hall–Kier alpha value is -0.890. The number of fused-ring (bicyclic) bond motifs is 1. The highest BCUT2D eigenvalue weighted by Crippen LogP contribution is 2.29. The number of piperidine rings is 1. The third kappa shape index (κ3) is 4.02. The quantitative estimate of drug-likeness (QED) is 0.802. The van der Waals surface area contributed by atoms with Crippen LogP contribution in [0.5, 0.6) is 0 Å². The van der Waals surface area contributed by atoms with Gasteiger partial charge in [0.05, 0.1) is 16.3 Å². The number of aromatic nitrogens is 1. The van der Waals surface area contributed by atoms with Gasteiger partial charge in [-0.2, -0.15) is 0 Å². The summed E-state index contributed by atoms with van der Waals surface area (Å²) in [5.74, 6) is 0.997. The normalized spacial score (nSPS) is 16.7. The molecule has 0 amide bonds. The molecule has 0 unspecified atom stereocenters. The zero-order valence-electron chi connectivity index (χ0n) is 13.3. The smallest absolute Gasteiger partial charge is 0.211 e. The second-order valence-corrected chi connectivity index (χ2v) is 9.28. The molecule has 1 saturated heterocycles. The van der Waals surface area contributed by atoms with E-state index in [4.69, 9.17) is 11.6 Å². The van der Waals surface area contributed by atoms with Gasteiger partial charge < -0.3 is 4.90 Å². The van der Waals surface area contributed by atoms with Crippen molar-refractivity contribution in [2.45, 2.75) is 25.8 Å². The summed E-state index contributed by atoms with van der Waals surface area (Å²) in [5.41, 5.74) is 0.783. The third-order valence-corrected chi connectivity index (χ3v) is 6.44. The molecule has 2 heterocycles. The summed E-state index contributed by atoms with van der Waals surface area (Å²) in [7, 11) is -3.15. The highest BCUT2D eigenvalue weighted by atomic mass is 79.9. The maximum atomic E-state index is 11.7. The third-order valence-electron chi connectivity index (χ3n) is 4.24. The maximum absolute atomic E-state index is 11.7. The number of benzene rings is 1. The first-order valence-electron chi connectivity index (χ1n) is 7.89. The average Bonchev–Trinajstić information content (AvgIpc) is 2.55. The van der Waals surface area contributed by atoms with Gasteiger partial charge in [-0.1, -0.05) is 27.5 Å². The van der Waals surface area contributed by atoms with Crippen LogP contribution in [0.3, 0.4) is 0 Å². The molecule has 1 N–H and O–H groups in total. The molecule has 1 aromatic heterocycles. The Morgan fingerprint density at radius 2 is 2.04 bits per heavy atom. The molecule has 0 spiro atoms. The summed E-state index contributed by atoms with van der Waals surface area (Å²) in [5, 5.41) is 1.61. The molecule has 24 heavy (non-hydrogen) atoms. The minimum Gasteiger partial charge on any atom is -0.356 e. The van der Waals surface area contributed by atoms with E-state index in [1.807, 2.05) is 24.3 Å². The number of rotatable bonds is 4. The summed E-state index contributed by atoms with van der Waals surface area (Å²) in [6.07, 6.45) is 1.54. The van der Waals surface area contributed by atoms with E-state index in [9.17, 15) is 8.42 Å². The van der Waals surface area contributed by atoms with Crippen LogP contribution in [0.2, 0.25) is 5.02 Å². The Kier molecular flexibility index (Phi) is 5.34. The molecule has 0 bridgehead atoms. The van der Waals surface area contributed by atoms with Gasteiger partial charge in [-0.05, 0) is 44.0 Å². The molecule has 0 atom stereocenters. The van der Waals surface area contributed by atoms with Crippen molar-refractivity contribution in [1.29, 1.82) is 0 Å². The maximum Gasteiger partial charge on any atom is 0.211 e. The molecule has 0 aliphatic carbocycles. The Balaban J connectivity index is 1.74. The molecule has 3 rings (SSSR count). The Morgan fingerprint density at radius 1 is 1.33 bits per heavy atom. The first kappa shape index (κ1) is 17.9. The molecule has 1 aromatic carbocycles. The van der Waals surface area contributed by atoms with Crippen LogP contribution in [-0.2, 0) is 10.0 Å². The second-order valence-electron chi connectivity index (χ2n) is 5.91. The first-order valence-corrected chi connectivity index (χ1v) is 10.7. The van der Waals surface area contributed by atoms with E-state index in [-0.39, 0.29) is 11.8 Å². The van der Waals surface area contributed by atoms with Gasteiger partial charge in [0, 0.05) is 29.0 Å². The van der Waals surface area contributed by atoms with Gasteiger partial charge in [0.2, 0.25) is 10.0 Å². The minimum atomic E-state index is -3.15. The van der Waals surface area contributed by atoms with Crippen LogP contribution in [0, 0.1) is 0 Å². The number of anilines is 1. The molecular formula is C16H19BrClN3O2S. The van der Waals surface area contributed by atoms with Crippen molar-refractivity contribution in [3.05, 3.63) is 33.8 Å². The lowest BCUT2D eigenvalue weighted by molar-refractivity contribution is 0.459. The number of hydrogen-bond donors (Lipinski definition) is 1. The van der Waals surface area contributed by atoms with Crippen molar-refractivity contribution >= 4 is 54.3 Å². The summed E-state index contributed by atoms with van der Waals surface area (Å²) < 4.78 is 27.0. The number of sulfonamides is 1. The molecule has 8 heteroatoms. The van der Waals surface area contributed by atoms with Crippen LogP contribution < -0.4 is 9.62 Å². The lowest BCUT2D eigenvalue weighted by Crippen LogP contribution is -2.45. The van der Waals surface area contributed by atoms with E-state index >= 15 is 0 Å². The summed E-state index contributed by atoms with van der Waals surface area (Å²) in [6.45, 7) is 3.19. The Bertz CT molecular complexity index is 852. The van der Waals surface area contributed by atoms with Gasteiger partial charge in [0.1, 0.15) is 5.82 Å². The first-order chi connectivity index (χ1) is 11.4. The van der Waals surface area contributed by atoms with Crippen LogP contribution in [0.4, 0.5) is 5.82 Å². The van der Waals surface area contributed by atoms with Crippen molar-refractivity contribution in [3.8, 4) is 0 Å². The number of nitrogens with one attached hydrogen (secondary N) is 1. The second kappa shape index (κ2) is 7.15. The van der Waals surface area contributed by atoms with Crippen molar-refractivity contribution in [3.63, 3.8) is 0 Å².